The van der Waals surface area contributed by atoms with Crippen LogP contribution in [0.2, 0.25) is 0 Å². The number of methoxy groups -OCH3 is 1. The van der Waals surface area contributed by atoms with Gasteiger partial charge in [0.2, 0.25) is 5.91 Å². The number of hydrogen-bond acceptors (Lipinski definition) is 5. The Morgan fingerprint density at radius 3 is 2.71 bits per heavy atom. The van der Waals surface area contributed by atoms with Crippen molar-refractivity contribution in [3.8, 4) is 0 Å². The van der Waals surface area contributed by atoms with Crippen LogP contribution in [0.1, 0.15) is 29.0 Å². The van der Waals surface area contributed by atoms with Crippen molar-refractivity contribution in [1.82, 2.24) is 10.2 Å². The molecule has 1 aromatic heterocycles. The average molecular weight is 310 g/mol. The number of hydrogen-bond donors (Lipinski definition) is 1. The summed E-state index contributed by atoms with van der Waals surface area (Å²) >= 11 is 1.60. The van der Waals surface area contributed by atoms with E-state index in [1.54, 1.807) is 11.3 Å². The van der Waals surface area contributed by atoms with Crippen LogP contribution < -0.4 is 5.32 Å². The van der Waals surface area contributed by atoms with Gasteiger partial charge in [0.15, 0.2) is 0 Å². The standard InChI is InChI=1S/C15H22N2O3S/c1-20-15(19)10-12-4-5-13(21-12)11-16-7-6-14(18)17-8-2-3-9-17/h4-5,16H,2-3,6-11H2,1H3. The Hall–Kier alpha value is -1.40. The third kappa shape index (κ3) is 5.13. The molecule has 0 saturated carbocycles. The lowest BCUT2D eigenvalue weighted by Crippen LogP contribution is -2.30. The first-order chi connectivity index (χ1) is 10.2. The molecule has 0 unspecified atom stereocenters. The number of carbonyl (C=O) groups is 2. The van der Waals surface area contributed by atoms with E-state index in [1.807, 2.05) is 17.0 Å². The summed E-state index contributed by atoms with van der Waals surface area (Å²) in [7, 11) is 1.40. The summed E-state index contributed by atoms with van der Waals surface area (Å²) < 4.78 is 4.65. The van der Waals surface area contributed by atoms with Crippen LogP contribution in [-0.2, 0) is 27.3 Å². The molecule has 0 atom stereocenters. The third-order valence-electron chi connectivity index (χ3n) is 3.54. The number of ether oxygens (including phenoxy) is 1. The molecule has 2 heterocycles. The number of carbonyl (C=O) groups excluding carboxylic acids is 2. The molecule has 1 amide bonds. The fourth-order valence-corrected chi connectivity index (χ4v) is 3.33. The van der Waals surface area contributed by atoms with Crippen molar-refractivity contribution in [2.75, 3.05) is 26.7 Å². The molecule has 116 valence electrons. The van der Waals surface area contributed by atoms with Crippen molar-refractivity contribution in [2.45, 2.75) is 32.2 Å². The molecule has 0 aromatic carbocycles. The van der Waals surface area contributed by atoms with Crippen LogP contribution in [0.5, 0.6) is 0 Å². The van der Waals surface area contributed by atoms with Crippen molar-refractivity contribution in [1.29, 1.82) is 0 Å². The summed E-state index contributed by atoms with van der Waals surface area (Å²) in [6, 6.07) is 3.96. The van der Waals surface area contributed by atoms with Gasteiger partial charge in [0.05, 0.1) is 13.5 Å². The second-order valence-electron chi connectivity index (χ2n) is 5.14. The monoisotopic (exact) mass is 310 g/mol. The van der Waals surface area contributed by atoms with Crippen molar-refractivity contribution < 1.29 is 14.3 Å². The van der Waals surface area contributed by atoms with E-state index in [9.17, 15) is 9.59 Å². The summed E-state index contributed by atoms with van der Waals surface area (Å²) in [5.74, 6) is 0.0325. The van der Waals surface area contributed by atoms with Gasteiger partial charge in [-0.2, -0.15) is 0 Å². The largest absolute Gasteiger partial charge is 0.469 e. The summed E-state index contributed by atoms with van der Waals surface area (Å²) in [6.07, 6.45) is 3.16. The zero-order chi connectivity index (χ0) is 15.1. The second-order valence-corrected chi connectivity index (χ2v) is 6.39. The molecular weight excluding hydrogens is 288 g/mol. The Balaban J connectivity index is 1.64. The number of nitrogens with zero attached hydrogens (tertiary/aromatic N) is 1. The Labute approximate surface area is 129 Å². The predicted octanol–water partition coefficient (Wildman–Crippen LogP) is 1.57. The zero-order valence-electron chi connectivity index (χ0n) is 12.4. The molecule has 0 spiro atoms. The van der Waals surface area contributed by atoms with E-state index < -0.39 is 0 Å². The molecule has 2 rings (SSSR count). The maximum absolute atomic E-state index is 11.9. The number of thiophene rings is 1. The van der Waals surface area contributed by atoms with E-state index in [0.29, 0.717) is 19.4 Å². The molecule has 21 heavy (non-hydrogen) atoms. The topological polar surface area (TPSA) is 58.6 Å². The maximum Gasteiger partial charge on any atom is 0.310 e. The fraction of sp³-hybridized carbons (Fsp3) is 0.600. The molecule has 5 nitrogen and oxygen atoms in total. The lowest BCUT2D eigenvalue weighted by Gasteiger charge is -2.14. The van der Waals surface area contributed by atoms with Crippen molar-refractivity contribution in [3.05, 3.63) is 21.9 Å². The number of rotatable bonds is 7. The molecule has 1 aliphatic heterocycles. The highest BCUT2D eigenvalue weighted by molar-refractivity contribution is 7.12. The van der Waals surface area contributed by atoms with E-state index in [2.05, 4.69) is 10.1 Å². The SMILES string of the molecule is COC(=O)Cc1ccc(CNCCC(=O)N2CCCC2)s1. The molecule has 0 radical (unpaired) electrons. The van der Waals surface area contributed by atoms with Gasteiger partial charge in [0, 0.05) is 42.4 Å². The molecule has 1 aromatic rings. The average Bonchev–Trinajstić information content (AvgIpc) is 3.15. The van der Waals surface area contributed by atoms with Crippen molar-refractivity contribution in [3.63, 3.8) is 0 Å². The minimum atomic E-state index is -0.215. The number of amides is 1. The maximum atomic E-state index is 11.9. The Morgan fingerprint density at radius 1 is 1.29 bits per heavy atom. The Morgan fingerprint density at radius 2 is 2.00 bits per heavy atom. The Bertz CT molecular complexity index is 481. The highest BCUT2D eigenvalue weighted by atomic mass is 32.1. The quantitative estimate of drug-likeness (QED) is 0.613. The molecule has 6 heteroatoms. The van der Waals surface area contributed by atoms with Gasteiger partial charge in [-0.3, -0.25) is 9.59 Å². The van der Waals surface area contributed by atoms with E-state index in [1.165, 1.54) is 12.0 Å². The van der Waals surface area contributed by atoms with Gasteiger partial charge in [-0.05, 0) is 25.0 Å². The lowest BCUT2D eigenvalue weighted by atomic mass is 10.3. The molecular formula is C15H22N2O3S. The number of likely N-dealkylation sites (tertiary alicyclic amines) is 1. The van der Waals surface area contributed by atoms with Crippen molar-refractivity contribution in [2.24, 2.45) is 0 Å². The zero-order valence-corrected chi connectivity index (χ0v) is 13.2. The normalized spacial score (nSPS) is 14.4. The van der Waals surface area contributed by atoms with Gasteiger partial charge in [-0.1, -0.05) is 0 Å². The summed E-state index contributed by atoms with van der Waals surface area (Å²) in [5, 5.41) is 3.28. The van der Waals surface area contributed by atoms with Crippen LogP contribution >= 0.6 is 11.3 Å². The number of esters is 1. The van der Waals surface area contributed by atoms with Crippen LogP contribution in [0.25, 0.3) is 0 Å². The first kappa shape index (κ1) is 16.0. The molecule has 0 bridgehead atoms. The summed E-state index contributed by atoms with van der Waals surface area (Å²) in [5.41, 5.74) is 0. The minimum absolute atomic E-state index is 0.215. The first-order valence-electron chi connectivity index (χ1n) is 7.32. The van der Waals surface area contributed by atoms with Gasteiger partial charge < -0.3 is 15.0 Å². The van der Waals surface area contributed by atoms with Crippen LogP contribution in [0.15, 0.2) is 12.1 Å². The van der Waals surface area contributed by atoms with Gasteiger partial charge in [-0.15, -0.1) is 11.3 Å². The summed E-state index contributed by atoms with van der Waals surface area (Å²) in [6.45, 7) is 3.26. The van der Waals surface area contributed by atoms with Gasteiger partial charge >= 0.3 is 5.97 Å². The molecule has 0 aliphatic carbocycles. The van der Waals surface area contributed by atoms with E-state index in [0.717, 1.165) is 37.4 Å². The van der Waals surface area contributed by atoms with Crippen LogP contribution in [0.4, 0.5) is 0 Å². The minimum Gasteiger partial charge on any atom is -0.469 e. The van der Waals surface area contributed by atoms with Gasteiger partial charge in [-0.25, -0.2) is 0 Å². The first-order valence-corrected chi connectivity index (χ1v) is 8.13. The Kier molecular flexibility index (Phi) is 6.20. The molecule has 1 N–H and O–H groups in total. The molecule has 1 aliphatic rings. The van der Waals surface area contributed by atoms with Crippen LogP contribution in [0, 0.1) is 0 Å². The van der Waals surface area contributed by atoms with Crippen LogP contribution in [-0.4, -0.2) is 43.5 Å². The highest BCUT2D eigenvalue weighted by Gasteiger charge is 2.16. The van der Waals surface area contributed by atoms with Gasteiger partial charge in [0.25, 0.3) is 0 Å². The van der Waals surface area contributed by atoms with Crippen LogP contribution in [0.3, 0.4) is 0 Å². The van der Waals surface area contributed by atoms with Crippen molar-refractivity contribution >= 4 is 23.2 Å². The highest BCUT2D eigenvalue weighted by Crippen LogP contribution is 2.17. The molecule has 1 saturated heterocycles. The lowest BCUT2D eigenvalue weighted by molar-refractivity contribution is -0.139. The smallest absolute Gasteiger partial charge is 0.310 e. The van der Waals surface area contributed by atoms with Gasteiger partial charge in [0.1, 0.15) is 0 Å². The predicted molar refractivity (Wildman–Crippen MR) is 82.2 cm³/mol. The van der Waals surface area contributed by atoms with E-state index in [4.69, 9.17) is 0 Å². The van der Waals surface area contributed by atoms with E-state index in [-0.39, 0.29) is 11.9 Å². The summed E-state index contributed by atoms with van der Waals surface area (Å²) in [4.78, 5) is 27.2. The third-order valence-corrected chi connectivity index (χ3v) is 4.62. The fourth-order valence-electron chi connectivity index (χ4n) is 2.36. The van der Waals surface area contributed by atoms with E-state index >= 15 is 0 Å². The molecule has 1 fully saturated rings. The second kappa shape index (κ2) is 8.14. The number of nitrogens with one attached hydrogen (secondary N) is 1.